The molecule has 0 aromatic carbocycles. The van der Waals surface area contributed by atoms with Crippen LogP contribution in [0.1, 0.15) is 57.8 Å². The molecule has 2 aliphatic rings. The summed E-state index contributed by atoms with van der Waals surface area (Å²) < 4.78 is 1.99. The predicted molar refractivity (Wildman–Crippen MR) is 92.7 cm³/mol. The number of rotatable bonds is 4. The van der Waals surface area contributed by atoms with Gasteiger partial charge in [0.1, 0.15) is 6.33 Å². The number of hydrogen-bond donors (Lipinski definition) is 2. The fraction of sp³-hybridized carbons (Fsp3) is 0.765. The van der Waals surface area contributed by atoms with Crippen molar-refractivity contribution in [3.05, 3.63) is 12.2 Å². The van der Waals surface area contributed by atoms with Crippen LogP contribution in [0.2, 0.25) is 0 Å². The van der Waals surface area contributed by atoms with Crippen molar-refractivity contribution in [3.8, 4) is 0 Å². The van der Waals surface area contributed by atoms with Crippen LogP contribution in [0.25, 0.3) is 0 Å². The lowest BCUT2D eigenvalue weighted by Crippen LogP contribution is -2.52. The van der Waals surface area contributed by atoms with Gasteiger partial charge in [-0.15, -0.1) is 10.2 Å². The summed E-state index contributed by atoms with van der Waals surface area (Å²) in [5, 5.41) is 14.1. The Bertz CT molecular complexity index is 608. The number of piperidine rings is 2. The molecule has 25 heavy (non-hydrogen) atoms. The molecule has 8 heteroatoms. The first kappa shape index (κ1) is 17.7. The highest BCUT2D eigenvalue weighted by Gasteiger charge is 2.38. The molecule has 1 atom stereocenters. The Balaban J connectivity index is 1.52. The standard InChI is InChI=1S/C17H28N6O2/c1-3-8-23-12-19-21-15(23)13(2)20-16(25)22-9-6-17(7-10-22)5-4-14(24)18-11-17/h12-13H,3-11H2,1-2H3,(H,18,24)(H,20,25). The number of hydrogen-bond acceptors (Lipinski definition) is 4. The Morgan fingerprint density at radius 1 is 1.40 bits per heavy atom. The van der Waals surface area contributed by atoms with E-state index in [0.29, 0.717) is 6.42 Å². The first-order chi connectivity index (χ1) is 12.0. The Morgan fingerprint density at radius 3 is 2.80 bits per heavy atom. The molecule has 8 nitrogen and oxygen atoms in total. The van der Waals surface area contributed by atoms with Crippen LogP contribution >= 0.6 is 0 Å². The summed E-state index contributed by atoms with van der Waals surface area (Å²) in [6.45, 7) is 7.10. The molecule has 1 aromatic rings. The quantitative estimate of drug-likeness (QED) is 0.861. The molecule has 1 aromatic heterocycles. The minimum atomic E-state index is -0.175. The molecule has 0 saturated carbocycles. The zero-order valence-corrected chi connectivity index (χ0v) is 15.1. The van der Waals surface area contributed by atoms with E-state index in [-0.39, 0.29) is 23.4 Å². The molecule has 1 unspecified atom stereocenters. The summed E-state index contributed by atoms with van der Waals surface area (Å²) in [5.74, 6) is 0.939. The number of aromatic nitrogens is 3. The van der Waals surface area contributed by atoms with Crippen molar-refractivity contribution in [2.24, 2.45) is 5.41 Å². The Morgan fingerprint density at radius 2 is 2.16 bits per heavy atom. The maximum absolute atomic E-state index is 12.6. The van der Waals surface area contributed by atoms with Crippen LogP contribution in [0.15, 0.2) is 6.33 Å². The van der Waals surface area contributed by atoms with Gasteiger partial charge in [0, 0.05) is 32.6 Å². The number of carbonyl (C=O) groups is 2. The summed E-state index contributed by atoms with van der Waals surface area (Å²) in [4.78, 5) is 25.8. The number of amides is 3. The number of urea groups is 1. The number of likely N-dealkylation sites (tertiary alicyclic amines) is 1. The second-order valence-corrected chi connectivity index (χ2v) is 7.32. The first-order valence-electron chi connectivity index (χ1n) is 9.23. The summed E-state index contributed by atoms with van der Waals surface area (Å²) in [6, 6.07) is -0.223. The molecular formula is C17H28N6O2. The lowest BCUT2D eigenvalue weighted by molar-refractivity contribution is -0.125. The molecule has 2 fully saturated rings. The highest BCUT2D eigenvalue weighted by molar-refractivity contribution is 5.77. The second kappa shape index (κ2) is 7.41. The van der Waals surface area contributed by atoms with Gasteiger partial charge in [0.25, 0.3) is 0 Å². The van der Waals surface area contributed by atoms with E-state index in [1.165, 1.54) is 0 Å². The molecule has 2 saturated heterocycles. The van der Waals surface area contributed by atoms with Crippen molar-refractivity contribution in [2.45, 2.75) is 58.5 Å². The van der Waals surface area contributed by atoms with Crippen molar-refractivity contribution in [2.75, 3.05) is 19.6 Å². The number of aryl methyl sites for hydroxylation is 1. The van der Waals surface area contributed by atoms with E-state index in [1.807, 2.05) is 16.4 Å². The molecule has 3 heterocycles. The zero-order chi connectivity index (χ0) is 17.9. The van der Waals surface area contributed by atoms with Gasteiger partial charge < -0.3 is 20.1 Å². The normalized spacial score (nSPS) is 21.0. The highest BCUT2D eigenvalue weighted by atomic mass is 16.2. The fourth-order valence-corrected chi connectivity index (χ4v) is 3.81. The maximum Gasteiger partial charge on any atom is 0.317 e. The van der Waals surface area contributed by atoms with Gasteiger partial charge in [-0.25, -0.2) is 4.79 Å². The molecule has 138 valence electrons. The van der Waals surface area contributed by atoms with Gasteiger partial charge in [-0.1, -0.05) is 6.92 Å². The zero-order valence-electron chi connectivity index (χ0n) is 15.1. The fourth-order valence-electron chi connectivity index (χ4n) is 3.81. The predicted octanol–water partition coefficient (Wildman–Crippen LogP) is 1.45. The van der Waals surface area contributed by atoms with Crippen LogP contribution in [0.3, 0.4) is 0 Å². The second-order valence-electron chi connectivity index (χ2n) is 7.32. The van der Waals surface area contributed by atoms with Crippen LogP contribution in [-0.2, 0) is 11.3 Å². The van der Waals surface area contributed by atoms with Gasteiger partial charge in [0.05, 0.1) is 6.04 Å². The molecule has 3 rings (SSSR count). The Labute approximate surface area is 148 Å². The average Bonchev–Trinajstić information content (AvgIpc) is 3.07. The Kier molecular flexibility index (Phi) is 5.24. The van der Waals surface area contributed by atoms with Crippen molar-refractivity contribution in [1.29, 1.82) is 0 Å². The van der Waals surface area contributed by atoms with Crippen LogP contribution in [-0.4, -0.2) is 51.2 Å². The Hall–Kier alpha value is -2.12. The van der Waals surface area contributed by atoms with E-state index in [1.54, 1.807) is 6.33 Å². The van der Waals surface area contributed by atoms with Gasteiger partial charge in [-0.3, -0.25) is 4.79 Å². The van der Waals surface area contributed by atoms with Crippen molar-refractivity contribution in [3.63, 3.8) is 0 Å². The average molecular weight is 348 g/mol. The third kappa shape index (κ3) is 3.93. The molecule has 1 spiro atoms. The largest absolute Gasteiger partial charge is 0.356 e. The van der Waals surface area contributed by atoms with E-state index in [0.717, 1.165) is 57.7 Å². The van der Waals surface area contributed by atoms with E-state index in [2.05, 4.69) is 27.8 Å². The summed E-state index contributed by atoms with van der Waals surface area (Å²) in [6.07, 6.45) is 6.14. The number of nitrogens with one attached hydrogen (secondary N) is 2. The molecular weight excluding hydrogens is 320 g/mol. The molecule has 0 radical (unpaired) electrons. The SMILES string of the molecule is CCCn1cnnc1C(C)NC(=O)N1CCC2(CCC(=O)NC2)CC1. The molecule has 2 aliphatic heterocycles. The van der Waals surface area contributed by atoms with Gasteiger partial charge in [0.15, 0.2) is 5.82 Å². The maximum atomic E-state index is 12.6. The lowest BCUT2D eigenvalue weighted by atomic mass is 9.73. The van der Waals surface area contributed by atoms with E-state index in [9.17, 15) is 9.59 Å². The van der Waals surface area contributed by atoms with E-state index in [4.69, 9.17) is 0 Å². The number of carbonyl (C=O) groups excluding carboxylic acids is 2. The van der Waals surface area contributed by atoms with Crippen LogP contribution < -0.4 is 10.6 Å². The minimum Gasteiger partial charge on any atom is -0.356 e. The smallest absolute Gasteiger partial charge is 0.317 e. The van der Waals surface area contributed by atoms with E-state index >= 15 is 0 Å². The highest BCUT2D eigenvalue weighted by Crippen LogP contribution is 2.37. The first-order valence-corrected chi connectivity index (χ1v) is 9.23. The van der Waals surface area contributed by atoms with Crippen LogP contribution in [0.5, 0.6) is 0 Å². The topological polar surface area (TPSA) is 92.2 Å². The monoisotopic (exact) mass is 348 g/mol. The summed E-state index contributed by atoms with van der Waals surface area (Å²) >= 11 is 0. The van der Waals surface area contributed by atoms with Crippen molar-refractivity contribution in [1.82, 2.24) is 30.3 Å². The van der Waals surface area contributed by atoms with Crippen LogP contribution in [0.4, 0.5) is 4.79 Å². The van der Waals surface area contributed by atoms with E-state index < -0.39 is 0 Å². The minimum absolute atomic E-state index is 0.0479. The van der Waals surface area contributed by atoms with Crippen molar-refractivity contribution >= 4 is 11.9 Å². The van der Waals surface area contributed by atoms with Gasteiger partial charge in [-0.05, 0) is 38.0 Å². The van der Waals surface area contributed by atoms with Gasteiger partial charge >= 0.3 is 6.03 Å². The molecule has 2 N–H and O–H groups in total. The summed E-state index contributed by atoms with van der Waals surface area (Å²) in [5.41, 5.74) is 0.178. The third-order valence-electron chi connectivity index (χ3n) is 5.49. The molecule has 3 amide bonds. The van der Waals surface area contributed by atoms with Gasteiger partial charge in [-0.2, -0.15) is 0 Å². The number of nitrogens with zero attached hydrogens (tertiary/aromatic N) is 4. The van der Waals surface area contributed by atoms with Gasteiger partial charge in [0.2, 0.25) is 5.91 Å². The van der Waals surface area contributed by atoms with Crippen molar-refractivity contribution < 1.29 is 9.59 Å². The molecule has 0 aliphatic carbocycles. The lowest BCUT2D eigenvalue weighted by Gasteiger charge is -2.44. The summed E-state index contributed by atoms with van der Waals surface area (Å²) in [7, 11) is 0. The van der Waals surface area contributed by atoms with Crippen LogP contribution in [0, 0.1) is 5.41 Å². The third-order valence-corrected chi connectivity index (χ3v) is 5.49. The molecule has 0 bridgehead atoms.